The molecule has 0 saturated carbocycles. The molecule has 0 aromatic heterocycles. The maximum absolute atomic E-state index is 9.23. The lowest BCUT2D eigenvalue weighted by atomic mass is 10.1. The molecule has 0 aliphatic carbocycles. The largest absolute Gasteiger partial charge is 0.369 e. The number of rotatable bonds is 6. The fourth-order valence-corrected chi connectivity index (χ4v) is 2.18. The zero-order valence-electron chi connectivity index (χ0n) is 11.3. The SMILES string of the molecule is CCCN(CCN(C)C)c1ccc(Br)cc1C#N. The number of nitriles is 1. The molecule has 0 amide bonds. The Morgan fingerprint density at radius 1 is 1.22 bits per heavy atom. The molecule has 0 N–H and O–H groups in total. The van der Waals surface area contributed by atoms with Crippen LogP contribution in [0.15, 0.2) is 22.7 Å². The number of benzene rings is 1. The van der Waals surface area contributed by atoms with Gasteiger partial charge in [0.15, 0.2) is 0 Å². The van der Waals surface area contributed by atoms with E-state index in [1.807, 2.05) is 18.2 Å². The number of halogens is 1. The van der Waals surface area contributed by atoms with Gasteiger partial charge in [0.25, 0.3) is 0 Å². The topological polar surface area (TPSA) is 30.3 Å². The summed E-state index contributed by atoms with van der Waals surface area (Å²) in [5, 5.41) is 9.23. The molecule has 1 aromatic rings. The fraction of sp³-hybridized carbons (Fsp3) is 0.500. The van der Waals surface area contributed by atoms with E-state index < -0.39 is 0 Å². The summed E-state index contributed by atoms with van der Waals surface area (Å²) in [6.07, 6.45) is 1.08. The van der Waals surface area contributed by atoms with Gasteiger partial charge in [0, 0.05) is 24.1 Å². The Kier molecular flexibility index (Phi) is 6.17. The van der Waals surface area contributed by atoms with E-state index >= 15 is 0 Å². The second-order valence-corrected chi connectivity index (χ2v) is 5.48. The maximum atomic E-state index is 9.23. The van der Waals surface area contributed by atoms with Crippen LogP contribution < -0.4 is 4.90 Å². The molecule has 0 heterocycles. The summed E-state index contributed by atoms with van der Waals surface area (Å²) in [6.45, 7) is 5.07. The normalized spacial score (nSPS) is 10.4. The van der Waals surface area contributed by atoms with E-state index in [1.165, 1.54) is 0 Å². The molecule has 1 aromatic carbocycles. The van der Waals surface area contributed by atoms with Gasteiger partial charge in [-0.05, 0) is 38.7 Å². The highest BCUT2D eigenvalue weighted by Crippen LogP contribution is 2.24. The summed E-state index contributed by atoms with van der Waals surface area (Å²) in [5.41, 5.74) is 1.76. The van der Waals surface area contributed by atoms with Gasteiger partial charge >= 0.3 is 0 Å². The van der Waals surface area contributed by atoms with E-state index in [9.17, 15) is 5.26 Å². The number of hydrogen-bond acceptors (Lipinski definition) is 3. The number of likely N-dealkylation sites (N-methyl/N-ethyl adjacent to an activating group) is 1. The Bertz CT molecular complexity index is 424. The first-order valence-electron chi connectivity index (χ1n) is 6.17. The molecule has 0 unspecified atom stereocenters. The van der Waals surface area contributed by atoms with Crippen LogP contribution in [-0.4, -0.2) is 38.6 Å². The van der Waals surface area contributed by atoms with Crippen LogP contribution in [0.5, 0.6) is 0 Å². The maximum Gasteiger partial charge on any atom is 0.101 e. The predicted molar refractivity (Wildman–Crippen MR) is 79.9 cm³/mol. The standard InChI is InChI=1S/C14H20BrN3/c1-4-7-18(9-8-17(2)3)14-6-5-13(15)10-12(14)11-16/h5-6,10H,4,7-9H2,1-3H3. The van der Waals surface area contributed by atoms with Crippen molar-refractivity contribution in [1.82, 2.24) is 4.90 Å². The van der Waals surface area contributed by atoms with Crippen LogP contribution in [0, 0.1) is 11.3 Å². The molecule has 18 heavy (non-hydrogen) atoms. The van der Waals surface area contributed by atoms with Gasteiger partial charge < -0.3 is 9.80 Å². The Morgan fingerprint density at radius 2 is 1.94 bits per heavy atom. The van der Waals surface area contributed by atoms with E-state index in [-0.39, 0.29) is 0 Å². The van der Waals surface area contributed by atoms with Crippen LogP contribution in [-0.2, 0) is 0 Å². The highest BCUT2D eigenvalue weighted by Gasteiger charge is 2.11. The predicted octanol–water partition coefficient (Wildman–Crippen LogP) is 3.10. The third-order valence-corrected chi connectivity index (χ3v) is 3.22. The zero-order chi connectivity index (χ0) is 13.5. The number of anilines is 1. The van der Waals surface area contributed by atoms with E-state index in [0.29, 0.717) is 0 Å². The molecule has 4 heteroatoms. The minimum atomic E-state index is 0.733. The van der Waals surface area contributed by atoms with Crippen LogP contribution in [0.1, 0.15) is 18.9 Å². The number of nitrogens with zero attached hydrogens (tertiary/aromatic N) is 3. The second-order valence-electron chi connectivity index (χ2n) is 4.56. The molecule has 0 aliphatic heterocycles. The fourth-order valence-electron chi connectivity index (χ4n) is 1.82. The third-order valence-electron chi connectivity index (χ3n) is 2.73. The van der Waals surface area contributed by atoms with Crippen molar-refractivity contribution in [2.45, 2.75) is 13.3 Å². The lowest BCUT2D eigenvalue weighted by Crippen LogP contribution is -2.32. The Morgan fingerprint density at radius 3 is 2.50 bits per heavy atom. The van der Waals surface area contributed by atoms with Gasteiger partial charge in [-0.3, -0.25) is 0 Å². The average molecular weight is 310 g/mol. The van der Waals surface area contributed by atoms with Gasteiger partial charge in [-0.1, -0.05) is 22.9 Å². The Labute approximate surface area is 118 Å². The molecule has 3 nitrogen and oxygen atoms in total. The summed E-state index contributed by atoms with van der Waals surface area (Å²) < 4.78 is 0.951. The van der Waals surface area contributed by atoms with Gasteiger partial charge in [0.05, 0.1) is 11.3 Å². The van der Waals surface area contributed by atoms with Crippen molar-refractivity contribution in [3.05, 3.63) is 28.2 Å². The van der Waals surface area contributed by atoms with Crippen LogP contribution in [0.2, 0.25) is 0 Å². The van der Waals surface area contributed by atoms with Crippen LogP contribution >= 0.6 is 15.9 Å². The lowest BCUT2D eigenvalue weighted by molar-refractivity contribution is 0.413. The smallest absolute Gasteiger partial charge is 0.101 e. The molecular weight excluding hydrogens is 290 g/mol. The van der Waals surface area contributed by atoms with E-state index in [1.54, 1.807) is 0 Å². The summed E-state index contributed by atoms with van der Waals surface area (Å²) in [7, 11) is 4.13. The second kappa shape index (κ2) is 7.40. The minimum Gasteiger partial charge on any atom is -0.369 e. The first-order chi connectivity index (χ1) is 8.58. The summed E-state index contributed by atoms with van der Waals surface area (Å²) in [5.74, 6) is 0. The third kappa shape index (κ3) is 4.32. The molecule has 0 radical (unpaired) electrons. The molecule has 0 bridgehead atoms. The summed E-state index contributed by atoms with van der Waals surface area (Å²) in [6, 6.07) is 8.18. The van der Waals surface area contributed by atoms with Gasteiger partial charge in [0.1, 0.15) is 6.07 Å². The molecule has 0 saturated heterocycles. The van der Waals surface area contributed by atoms with Crippen molar-refractivity contribution in [3.63, 3.8) is 0 Å². The van der Waals surface area contributed by atoms with E-state index in [2.05, 4.69) is 52.8 Å². The van der Waals surface area contributed by atoms with Crippen molar-refractivity contribution in [2.24, 2.45) is 0 Å². The Balaban J connectivity index is 2.94. The van der Waals surface area contributed by atoms with Crippen molar-refractivity contribution in [3.8, 4) is 6.07 Å². The van der Waals surface area contributed by atoms with Crippen LogP contribution in [0.25, 0.3) is 0 Å². The highest BCUT2D eigenvalue weighted by molar-refractivity contribution is 9.10. The first kappa shape index (κ1) is 15.0. The number of hydrogen-bond donors (Lipinski definition) is 0. The van der Waals surface area contributed by atoms with Crippen molar-refractivity contribution in [1.29, 1.82) is 5.26 Å². The minimum absolute atomic E-state index is 0.733. The van der Waals surface area contributed by atoms with E-state index in [4.69, 9.17) is 0 Å². The molecule has 0 atom stereocenters. The quantitative estimate of drug-likeness (QED) is 0.809. The van der Waals surface area contributed by atoms with Gasteiger partial charge in [-0.25, -0.2) is 0 Å². The zero-order valence-corrected chi connectivity index (χ0v) is 12.9. The van der Waals surface area contributed by atoms with Gasteiger partial charge in [-0.15, -0.1) is 0 Å². The molecule has 98 valence electrons. The molecule has 0 spiro atoms. The average Bonchev–Trinajstić information content (AvgIpc) is 2.34. The molecule has 1 rings (SSSR count). The highest BCUT2D eigenvalue weighted by atomic mass is 79.9. The molecular formula is C14H20BrN3. The lowest BCUT2D eigenvalue weighted by Gasteiger charge is -2.26. The van der Waals surface area contributed by atoms with E-state index in [0.717, 1.165) is 41.8 Å². The molecule has 0 fully saturated rings. The summed E-state index contributed by atoms with van der Waals surface area (Å²) in [4.78, 5) is 4.44. The van der Waals surface area contributed by atoms with Crippen molar-refractivity contribution < 1.29 is 0 Å². The Hall–Kier alpha value is -1.05. The van der Waals surface area contributed by atoms with Gasteiger partial charge in [-0.2, -0.15) is 5.26 Å². The van der Waals surface area contributed by atoms with Gasteiger partial charge in [0.2, 0.25) is 0 Å². The van der Waals surface area contributed by atoms with Crippen LogP contribution in [0.3, 0.4) is 0 Å². The van der Waals surface area contributed by atoms with Crippen LogP contribution in [0.4, 0.5) is 5.69 Å². The first-order valence-corrected chi connectivity index (χ1v) is 6.97. The van der Waals surface area contributed by atoms with Crippen molar-refractivity contribution in [2.75, 3.05) is 38.6 Å². The summed E-state index contributed by atoms with van der Waals surface area (Å²) >= 11 is 3.41. The van der Waals surface area contributed by atoms with Crippen molar-refractivity contribution >= 4 is 21.6 Å². The molecule has 0 aliphatic rings. The monoisotopic (exact) mass is 309 g/mol.